The Morgan fingerprint density at radius 3 is 2.78 bits per heavy atom. The van der Waals surface area contributed by atoms with Crippen molar-refractivity contribution in [2.45, 2.75) is 64.9 Å². The predicted octanol–water partition coefficient (Wildman–Crippen LogP) is 1.62. The van der Waals surface area contributed by atoms with Gasteiger partial charge in [-0.3, -0.25) is 9.79 Å². The van der Waals surface area contributed by atoms with Gasteiger partial charge in [0.1, 0.15) is 12.4 Å². The van der Waals surface area contributed by atoms with Crippen LogP contribution in [0, 0.1) is 0 Å². The van der Waals surface area contributed by atoms with E-state index in [1.54, 1.807) is 7.11 Å². The maximum absolute atomic E-state index is 12.6. The molecular weight excluding hydrogens is 406 g/mol. The highest BCUT2D eigenvalue weighted by molar-refractivity contribution is 5.80. The molecule has 3 heterocycles. The maximum Gasteiger partial charge on any atom is 0.223 e. The van der Waals surface area contributed by atoms with Crippen molar-refractivity contribution in [2.75, 3.05) is 20.2 Å². The summed E-state index contributed by atoms with van der Waals surface area (Å²) in [6.45, 7) is 6.09. The Hall–Kier alpha value is -2.94. The SMILES string of the molecule is CCNC(=NCCCC(=O)N1Cc2ccccc2C1)NC1CCc2nc(COC)nn2C1. The lowest BCUT2D eigenvalue weighted by molar-refractivity contribution is -0.131. The van der Waals surface area contributed by atoms with E-state index in [2.05, 4.69) is 39.8 Å². The number of carbonyl (C=O) groups is 1. The van der Waals surface area contributed by atoms with Gasteiger partial charge in [0.15, 0.2) is 11.8 Å². The molecule has 1 unspecified atom stereocenters. The Morgan fingerprint density at radius 1 is 1.28 bits per heavy atom. The monoisotopic (exact) mass is 439 g/mol. The van der Waals surface area contributed by atoms with Gasteiger partial charge in [-0.2, -0.15) is 5.10 Å². The first-order valence-electron chi connectivity index (χ1n) is 11.5. The van der Waals surface area contributed by atoms with Crippen molar-refractivity contribution in [1.82, 2.24) is 30.3 Å². The van der Waals surface area contributed by atoms with Crippen molar-refractivity contribution in [3.05, 3.63) is 47.0 Å². The molecule has 2 N–H and O–H groups in total. The number of rotatable bonds is 8. The van der Waals surface area contributed by atoms with E-state index in [9.17, 15) is 4.79 Å². The molecule has 2 aliphatic heterocycles. The van der Waals surface area contributed by atoms with E-state index < -0.39 is 0 Å². The summed E-state index contributed by atoms with van der Waals surface area (Å²) in [6, 6.07) is 8.51. The Balaban J connectivity index is 1.24. The first-order valence-corrected chi connectivity index (χ1v) is 11.5. The molecule has 1 atom stereocenters. The second-order valence-electron chi connectivity index (χ2n) is 8.32. The van der Waals surface area contributed by atoms with Crippen LogP contribution in [0.15, 0.2) is 29.3 Å². The number of aliphatic imine (C=N–C) groups is 1. The predicted molar refractivity (Wildman–Crippen MR) is 122 cm³/mol. The molecule has 4 rings (SSSR count). The summed E-state index contributed by atoms with van der Waals surface area (Å²) in [7, 11) is 1.65. The third-order valence-corrected chi connectivity index (χ3v) is 5.87. The molecule has 2 aromatic rings. The smallest absolute Gasteiger partial charge is 0.223 e. The van der Waals surface area contributed by atoms with Crippen molar-refractivity contribution < 1.29 is 9.53 Å². The van der Waals surface area contributed by atoms with Crippen molar-refractivity contribution in [1.29, 1.82) is 0 Å². The molecule has 0 saturated heterocycles. The first-order chi connectivity index (χ1) is 15.7. The Labute approximate surface area is 189 Å². The summed E-state index contributed by atoms with van der Waals surface area (Å²) in [5.41, 5.74) is 2.52. The number of fused-ring (bicyclic) bond motifs is 2. The molecule has 32 heavy (non-hydrogen) atoms. The topological polar surface area (TPSA) is 96.7 Å². The van der Waals surface area contributed by atoms with Crippen LogP contribution in [0.2, 0.25) is 0 Å². The number of guanidine groups is 1. The summed E-state index contributed by atoms with van der Waals surface area (Å²) < 4.78 is 7.10. The lowest BCUT2D eigenvalue weighted by atomic mass is 10.1. The molecule has 0 bridgehead atoms. The second-order valence-corrected chi connectivity index (χ2v) is 8.32. The van der Waals surface area contributed by atoms with Crippen LogP contribution in [0.3, 0.4) is 0 Å². The standard InChI is InChI=1S/C23H33N7O2/c1-3-24-23(26-19-10-11-21-27-20(16-32-2)28-30(21)15-19)25-12-6-9-22(31)29-13-17-7-4-5-8-18(17)14-29/h4-5,7-8,19H,3,6,9-16H2,1-2H3,(H2,24,25,26). The van der Waals surface area contributed by atoms with Crippen LogP contribution in [0.25, 0.3) is 0 Å². The highest BCUT2D eigenvalue weighted by Crippen LogP contribution is 2.23. The lowest BCUT2D eigenvalue weighted by Gasteiger charge is -2.25. The van der Waals surface area contributed by atoms with Crippen LogP contribution in [0.1, 0.15) is 49.0 Å². The number of aromatic nitrogens is 3. The molecule has 0 spiro atoms. The van der Waals surface area contributed by atoms with Crippen LogP contribution >= 0.6 is 0 Å². The van der Waals surface area contributed by atoms with E-state index in [1.165, 1.54) is 11.1 Å². The fourth-order valence-electron chi connectivity index (χ4n) is 4.27. The van der Waals surface area contributed by atoms with E-state index in [-0.39, 0.29) is 11.9 Å². The average Bonchev–Trinajstić information content (AvgIpc) is 3.40. The zero-order valence-corrected chi connectivity index (χ0v) is 19.0. The van der Waals surface area contributed by atoms with Gasteiger partial charge in [-0.15, -0.1) is 0 Å². The molecule has 0 fully saturated rings. The van der Waals surface area contributed by atoms with E-state index in [1.807, 2.05) is 21.7 Å². The fraction of sp³-hybridized carbons (Fsp3) is 0.565. The molecule has 1 amide bonds. The molecular formula is C23H33N7O2. The van der Waals surface area contributed by atoms with Crippen LogP contribution < -0.4 is 10.6 Å². The number of nitrogens with zero attached hydrogens (tertiary/aromatic N) is 5. The number of hydrogen-bond donors (Lipinski definition) is 2. The number of ether oxygens (including phenoxy) is 1. The van der Waals surface area contributed by atoms with E-state index in [0.29, 0.717) is 19.6 Å². The van der Waals surface area contributed by atoms with E-state index in [0.717, 1.165) is 63.0 Å². The highest BCUT2D eigenvalue weighted by Gasteiger charge is 2.23. The van der Waals surface area contributed by atoms with Crippen LogP contribution in [0.4, 0.5) is 0 Å². The number of hydrogen-bond acceptors (Lipinski definition) is 5. The van der Waals surface area contributed by atoms with Gasteiger partial charge >= 0.3 is 0 Å². The van der Waals surface area contributed by atoms with Gasteiger partial charge in [0, 0.05) is 52.2 Å². The summed E-state index contributed by atoms with van der Waals surface area (Å²) in [5.74, 6) is 2.74. The molecule has 1 aromatic heterocycles. The number of nitrogens with one attached hydrogen (secondary N) is 2. The van der Waals surface area contributed by atoms with Crippen LogP contribution in [-0.2, 0) is 42.2 Å². The quantitative estimate of drug-likeness (QED) is 0.369. The number of benzene rings is 1. The lowest BCUT2D eigenvalue weighted by Crippen LogP contribution is -2.47. The Bertz CT molecular complexity index is 931. The highest BCUT2D eigenvalue weighted by atomic mass is 16.5. The molecule has 1 aromatic carbocycles. The molecule has 2 aliphatic rings. The number of amides is 1. The summed E-state index contributed by atoms with van der Waals surface area (Å²) in [4.78, 5) is 23.8. The van der Waals surface area contributed by atoms with Crippen molar-refractivity contribution in [3.8, 4) is 0 Å². The molecule has 0 saturated carbocycles. The molecule has 0 aliphatic carbocycles. The zero-order chi connectivity index (χ0) is 22.3. The van der Waals surface area contributed by atoms with Gasteiger partial charge < -0.3 is 20.3 Å². The van der Waals surface area contributed by atoms with Gasteiger partial charge in [0.2, 0.25) is 5.91 Å². The summed E-state index contributed by atoms with van der Waals surface area (Å²) >= 11 is 0. The number of carbonyl (C=O) groups excluding carboxylic acids is 1. The second kappa shape index (κ2) is 10.6. The van der Waals surface area contributed by atoms with Crippen molar-refractivity contribution in [2.24, 2.45) is 4.99 Å². The van der Waals surface area contributed by atoms with Gasteiger partial charge in [-0.1, -0.05) is 24.3 Å². The van der Waals surface area contributed by atoms with Crippen molar-refractivity contribution in [3.63, 3.8) is 0 Å². The van der Waals surface area contributed by atoms with Gasteiger partial charge in [-0.05, 0) is 30.9 Å². The first kappa shape index (κ1) is 22.3. The zero-order valence-electron chi connectivity index (χ0n) is 19.0. The van der Waals surface area contributed by atoms with Gasteiger partial charge in [0.05, 0.1) is 6.54 Å². The van der Waals surface area contributed by atoms with E-state index >= 15 is 0 Å². The molecule has 172 valence electrons. The van der Waals surface area contributed by atoms with Crippen LogP contribution in [-0.4, -0.2) is 57.8 Å². The largest absolute Gasteiger partial charge is 0.377 e. The molecule has 9 nitrogen and oxygen atoms in total. The Morgan fingerprint density at radius 2 is 2.06 bits per heavy atom. The maximum atomic E-state index is 12.6. The number of aryl methyl sites for hydroxylation is 1. The van der Waals surface area contributed by atoms with E-state index in [4.69, 9.17) is 9.73 Å². The summed E-state index contributed by atoms with van der Waals surface area (Å²) in [5, 5.41) is 11.4. The van der Waals surface area contributed by atoms with Crippen LogP contribution in [0.5, 0.6) is 0 Å². The third-order valence-electron chi connectivity index (χ3n) is 5.87. The molecule has 9 heteroatoms. The molecule has 0 radical (unpaired) electrons. The van der Waals surface area contributed by atoms with Crippen molar-refractivity contribution >= 4 is 11.9 Å². The van der Waals surface area contributed by atoms with Gasteiger partial charge in [-0.25, -0.2) is 9.67 Å². The third kappa shape index (κ3) is 5.45. The minimum absolute atomic E-state index is 0.201. The fourth-order valence-corrected chi connectivity index (χ4v) is 4.27. The normalized spacial score (nSPS) is 17.8. The summed E-state index contributed by atoms with van der Waals surface area (Å²) in [6.07, 6.45) is 3.11. The minimum atomic E-state index is 0.201. The minimum Gasteiger partial charge on any atom is -0.377 e. The average molecular weight is 440 g/mol. The Kier molecular flexibility index (Phi) is 7.36. The number of methoxy groups -OCH3 is 1. The van der Waals surface area contributed by atoms with Gasteiger partial charge in [0.25, 0.3) is 0 Å².